The van der Waals surface area contributed by atoms with Gasteiger partial charge in [-0.15, -0.1) is 0 Å². The van der Waals surface area contributed by atoms with Gasteiger partial charge in [0.05, 0.1) is 13.0 Å². The fourth-order valence-electron chi connectivity index (χ4n) is 1.66. The molecule has 1 rings (SSSR count). The minimum Gasteiger partial charge on any atom is -0.466 e. The largest absolute Gasteiger partial charge is 0.466 e. The Bertz CT molecular complexity index is 455. The molecule has 0 aliphatic heterocycles. The standard InChI is InChI=1S/C13H19BrN2O3/c1-4-19-12(17)5-6-15-13(18)11-7-10(14)8-16(11)9(2)3/h7-9H,4-6H2,1-3H3,(H,15,18). The Labute approximate surface area is 121 Å². The average molecular weight is 331 g/mol. The molecule has 1 N–H and O–H groups in total. The van der Waals surface area contributed by atoms with Gasteiger partial charge < -0.3 is 14.6 Å². The van der Waals surface area contributed by atoms with Gasteiger partial charge in [0, 0.05) is 23.3 Å². The highest BCUT2D eigenvalue weighted by Gasteiger charge is 2.14. The Morgan fingerprint density at radius 1 is 1.47 bits per heavy atom. The molecular formula is C13H19BrN2O3. The molecule has 0 radical (unpaired) electrons. The zero-order valence-corrected chi connectivity index (χ0v) is 13.0. The lowest BCUT2D eigenvalue weighted by Gasteiger charge is -2.12. The van der Waals surface area contributed by atoms with E-state index in [1.165, 1.54) is 0 Å². The number of carbonyl (C=O) groups excluding carboxylic acids is 2. The third kappa shape index (κ3) is 4.70. The SMILES string of the molecule is CCOC(=O)CCNC(=O)c1cc(Br)cn1C(C)C. The van der Waals surface area contributed by atoms with Crippen LogP contribution in [0.5, 0.6) is 0 Å². The molecule has 0 aliphatic carbocycles. The number of esters is 1. The molecule has 0 atom stereocenters. The van der Waals surface area contributed by atoms with Crippen molar-refractivity contribution in [1.82, 2.24) is 9.88 Å². The average Bonchev–Trinajstić information content (AvgIpc) is 2.72. The fourth-order valence-corrected chi connectivity index (χ4v) is 2.09. The number of nitrogens with zero attached hydrogens (tertiary/aromatic N) is 1. The number of nitrogens with one attached hydrogen (secondary N) is 1. The second-order valence-corrected chi connectivity index (χ2v) is 5.27. The Kier molecular flexibility index (Phi) is 6.08. The molecule has 0 saturated heterocycles. The van der Waals surface area contributed by atoms with Crippen LogP contribution in [0.2, 0.25) is 0 Å². The van der Waals surface area contributed by atoms with Crippen molar-refractivity contribution >= 4 is 27.8 Å². The lowest BCUT2D eigenvalue weighted by Crippen LogP contribution is -2.28. The van der Waals surface area contributed by atoms with Crippen LogP contribution in [0.15, 0.2) is 16.7 Å². The highest BCUT2D eigenvalue weighted by Crippen LogP contribution is 2.19. The van der Waals surface area contributed by atoms with Crippen molar-refractivity contribution in [3.05, 3.63) is 22.4 Å². The van der Waals surface area contributed by atoms with Crippen molar-refractivity contribution < 1.29 is 14.3 Å². The van der Waals surface area contributed by atoms with E-state index in [2.05, 4.69) is 21.2 Å². The van der Waals surface area contributed by atoms with Crippen molar-refractivity contribution in [3.63, 3.8) is 0 Å². The molecule has 19 heavy (non-hydrogen) atoms. The first-order valence-electron chi connectivity index (χ1n) is 6.26. The van der Waals surface area contributed by atoms with Crippen LogP contribution in [0.1, 0.15) is 43.7 Å². The van der Waals surface area contributed by atoms with Crippen LogP contribution in [0.25, 0.3) is 0 Å². The van der Waals surface area contributed by atoms with E-state index in [0.717, 1.165) is 4.47 Å². The molecule has 1 heterocycles. The first-order chi connectivity index (χ1) is 8.95. The van der Waals surface area contributed by atoms with E-state index in [1.807, 2.05) is 24.6 Å². The molecule has 0 saturated carbocycles. The van der Waals surface area contributed by atoms with E-state index < -0.39 is 0 Å². The zero-order valence-electron chi connectivity index (χ0n) is 11.4. The number of ether oxygens (including phenoxy) is 1. The van der Waals surface area contributed by atoms with Crippen molar-refractivity contribution in [2.75, 3.05) is 13.2 Å². The van der Waals surface area contributed by atoms with Crippen LogP contribution >= 0.6 is 15.9 Å². The van der Waals surface area contributed by atoms with Crippen LogP contribution in [-0.4, -0.2) is 29.6 Å². The minimum atomic E-state index is -0.303. The normalized spacial score (nSPS) is 10.6. The summed E-state index contributed by atoms with van der Waals surface area (Å²) in [7, 11) is 0. The molecule has 6 heteroatoms. The van der Waals surface area contributed by atoms with Gasteiger partial charge in [0.25, 0.3) is 5.91 Å². The molecule has 0 unspecified atom stereocenters. The topological polar surface area (TPSA) is 60.3 Å². The summed E-state index contributed by atoms with van der Waals surface area (Å²) in [6, 6.07) is 1.96. The third-order valence-electron chi connectivity index (χ3n) is 2.52. The van der Waals surface area contributed by atoms with Crippen molar-refractivity contribution in [3.8, 4) is 0 Å². The predicted octanol–water partition coefficient (Wildman–Crippen LogP) is 2.51. The van der Waals surface area contributed by atoms with E-state index >= 15 is 0 Å². The Morgan fingerprint density at radius 3 is 2.74 bits per heavy atom. The van der Waals surface area contributed by atoms with Crippen molar-refractivity contribution in [2.45, 2.75) is 33.2 Å². The summed E-state index contributed by atoms with van der Waals surface area (Å²) in [6.45, 7) is 6.39. The molecule has 0 fully saturated rings. The second kappa shape index (κ2) is 7.33. The monoisotopic (exact) mass is 330 g/mol. The lowest BCUT2D eigenvalue weighted by atomic mass is 10.3. The molecule has 0 bridgehead atoms. The highest BCUT2D eigenvalue weighted by molar-refractivity contribution is 9.10. The molecular weight excluding hydrogens is 312 g/mol. The van der Waals surface area contributed by atoms with Gasteiger partial charge in [-0.25, -0.2) is 0 Å². The lowest BCUT2D eigenvalue weighted by molar-refractivity contribution is -0.142. The first kappa shape index (κ1) is 15.8. The summed E-state index contributed by atoms with van der Waals surface area (Å²) in [5.74, 6) is -0.494. The van der Waals surface area contributed by atoms with Crippen molar-refractivity contribution in [2.24, 2.45) is 0 Å². The number of amides is 1. The van der Waals surface area contributed by atoms with Gasteiger partial charge in [-0.2, -0.15) is 0 Å². The molecule has 1 aromatic heterocycles. The molecule has 0 aromatic carbocycles. The molecule has 0 spiro atoms. The fraction of sp³-hybridized carbons (Fsp3) is 0.538. The van der Waals surface area contributed by atoms with Crippen LogP contribution < -0.4 is 5.32 Å². The van der Waals surface area contributed by atoms with Crippen LogP contribution in [0, 0.1) is 0 Å². The zero-order chi connectivity index (χ0) is 14.4. The van der Waals surface area contributed by atoms with Gasteiger partial charge in [-0.05, 0) is 42.8 Å². The van der Waals surface area contributed by atoms with Gasteiger partial charge in [0.2, 0.25) is 0 Å². The Hall–Kier alpha value is -1.30. The van der Waals surface area contributed by atoms with Gasteiger partial charge in [-0.1, -0.05) is 0 Å². The van der Waals surface area contributed by atoms with Crippen LogP contribution in [0.4, 0.5) is 0 Å². The van der Waals surface area contributed by atoms with Crippen molar-refractivity contribution in [1.29, 1.82) is 0 Å². The Morgan fingerprint density at radius 2 is 2.16 bits per heavy atom. The third-order valence-corrected chi connectivity index (χ3v) is 2.96. The number of rotatable bonds is 6. The molecule has 5 nitrogen and oxygen atoms in total. The van der Waals surface area contributed by atoms with Gasteiger partial charge >= 0.3 is 5.97 Å². The minimum absolute atomic E-state index is 0.184. The van der Waals surface area contributed by atoms with Gasteiger partial charge in [0.15, 0.2) is 0 Å². The highest BCUT2D eigenvalue weighted by atomic mass is 79.9. The van der Waals surface area contributed by atoms with E-state index in [4.69, 9.17) is 4.74 Å². The maximum absolute atomic E-state index is 12.0. The van der Waals surface area contributed by atoms with E-state index in [1.54, 1.807) is 13.0 Å². The summed E-state index contributed by atoms with van der Waals surface area (Å²) in [5, 5.41) is 2.72. The predicted molar refractivity (Wildman–Crippen MR) is 76.1 cm³/mol. The summed E-state index contributed by atoms with van der Waals surface area (Å²) in [4.78, 5) is 23.2. The number of carbonyl (C=O) groups is 2. The molecule has 106 valence electrons. The van der Waals surface area contributed by atoms with E-state index in [-0.39, 0.29) is 30.9 Å². The number of hydrogen-bond acceptors (Lipinski definition) is 3. The van der Waals surface area contributed by atoms with Crippen LogP contribution in [0.3, 0.4) is 0 Å². The molecule has 1 amide bonds. The number of halogens is 1. The number of aromatic nitrogens is 1. The summed E-state index contributed by atoms with van der Waals surface area (Å²) < 4.78 is 7.53. The molecule has 0 aliphatic rings. The van der Waals surface area contributed by atoms with Gasteiger partial charge in [-0.3, -0.25) is 9.59 Å². The maximum atomic E-state index is 12.0. The maximum Gasteiger partial charge on any atom is 0.307 e. The second-order valence-electron chi connectivity index (χ2n) is 4.36. The summed E-state index contributed by atoms with van der Waals surface area (Å²) in [5.41, 5.74) is 0.575. The summed E-state index contributed by atoms with van der Waals surface area (Å²) >= 11 is 3.36. The van der Waals surface area contributed by atoms with Crippen LogP contribution in [-0.2, 0) is 9.53 Å². The van der Waals surface area contributed by atoms with Gasteiger partial charge in [0.1, 0.15) is 5.69 Å². The van der Waals surface area contributed by atoms with E-state index in [0.29, 0.717) is 12.3 Å². The Balaban J connectivity index is 2.56. The first-order valence-corrected chi connectivity index (χ1v) is 7.06. The smallest absolute Gasteiger partial charge is 0.307 e. The molecule has 1 aromatic rings. The summed E-state index contributed by atoms with van der Waals surface area (Å²) in [6.07, 6.45) is 2.05. The quantitative estimate of drug-likeness (QED) is 0.815. The number of hydrogen-bond donors (Lipinski definition) is 1. The van der Waals surface area contributed by atoms with E-state index in [9.17, 15) is 9.59 Å².